The van der Waals surface area contributed by atoms with Crippen LogP contribution in [0.25, 0.3) is 28.4 Å². The lowest BCUT2D eigenvalue weighted by Gasteiger charge is -2.45. The summed E-state index contributed by atoms with van der Waals surface area (Å²) < 4.78 is 46.5. The van der Waals surface area contributed by atoms with Crippen LogP contribution in [0.2, 0.25) is 0 Å². The van der Waals surface area contributed by atoms with Gasteiger partial charge in [-0.05, 0) is 35.9 Å². The largest absolute Gasteiger partial charge is 0.508 e. The lowest BCUT2D eigenvalue weighted by atomic mass is 9.97. The molecular formula is C42H47O23+. The van der Waals surface area contributed by atoms with Gasteiger partial charge in [-0.3, -0.25) is 0 Å². The first kappa shape index (κ1) is 47.5. The lowest BCUT2D eigenvalue weighted by molar-refractivity contribution is -0.357. The average Bonchev–Trinajstić information content (AvgIpc) is 3.29. The van der Waals surface area contributed by atoms with Gasteiger partial charge in [0.05, 0.1) is 24.8 Å². The van der Waals surface area contributed by atoms with Gasteiger partial charge in [0.15, 0.2) is 23.9 Å². The maximum absolute atomic E-state index is 12.8. The van der Waals surface area contributed by atoms with E-state index in [0.29, 0.717) is 5.56 Å². The van der Waals surface area contributed by atoms with Crippen molar-refractivity contribution >= 4 is 23.0 Å². The first-order chi connectivity index (χ1) is 31.0. The summed E-state index contributed by atoms with van der Waals surface area (Å²) in [6, 6.07) is 12.6. The zero-order valence-corrected chi connectivity index (χ0v) is 33.6. The van der Waals surface area contributed by atoms with Crippen molar-refractivity contribution in [2.45, 2.75) is 92.1 Å². The highest BCUT2D eigenvalue weighted by Gasteiger charge is 2.52. The molecule has 23 nitrogen and oxygen atoms in total. The Labute approximate surface area is 366 Å². The number of rotatable bonds is 13. The minimum atomic E-state index is -2.07. The summed E-state index contributed by atoms with van der Waals surface area (Å²) >= 11 is 0. The number of esters is 1. The Morgan fingerprint density at radius 3 is 1.85 bits per heavy atom. The molecule has 23 heteroatoms. The van der Waals surface area contributed by atoms with E-state index >= 15 is 0 Å². The van der Waals surface area contributed by atoms with Crippen LogP contribution < -0.4 is 9.47 Å². The fourth-order valence-electron chi connectivity index (χ4n) is 7.22. The summed E-state index contributed by atoms with van der Waals surface area (Å²) in [6.45, 7) is -2.40. The van der Waals surface area contributed by atoms with Crippen LogP contribution in [0.4, 0.5) is 0 Å². The van der Waals surface area contributed by atoms with Gasteiger partial charge in [0.1, 0.15) is 96.4 Å². The number of benzene rings is 3. The van der Waals surface area contributed by atoms with Gasteiger partial charge in [-0.2, -0.15) is 0 Å². The maximum atomic E-state index is 12.8. The number of aliphatic hydroxyl groups is 10. The van der Waals surface area contributed by atoms with Crippen LogP contribution in [0.5, 0.6) is 34.5 Å². The summed E-state index contributed by atoms with van der Waals surface area (Å²) in [5.41, 5.74) is 0.325. The van der Waals surface area contributed by atoms with Crippen molar-refractivity contribution in [3.8, 4) is 45.8 Å². The molecule has 7 rings (SSSR count). The van der Waals surface area contributed by atoms with Crippen molar-refractivity contribution in [1.82, 2.24) is 0 Å². The topological polar surface area (TPSA) is 376 Å². The Hall–Kier alpha value is -5.48. The second-order valence-corrected chi connectivity index (χ2v) is 15.3. The number of fused-ring (bicyclic) bond motifs is 1. The van der Waals surface area contributed by atoms with Crippen LogP contribution in [-0.2, 0) is 28.5 Å². The normalized spacial score (nSPS) is 32.9. The van der Waals surface area contributed by atoms with Crippen molar-refractivity contribution in [2.75, 3.05) is 19.8 Å². The number of carbonyl (C=O) groups is 1. The van der Waals surface area contributed by atoms with Gasteiger partial charge < -0.3 is 105 Å². The quantitative estimate of drug-likeness (QED) is 0.0289. The van der Waals surface area contributed by atoms with Gasteiger partial charge in [-0.25, -0.2) is 9.21 Å². The molecule has 3 aromatic carbocycles. The van der Waals surface area contributed by atoms with E-state index in [-0.39, 0.29) is 33.8 Å². The zero-order valence-electron chi connectivity index (χ0n) is 33.6. The van der Waals surface area contributed by atoms with Crippen molar-refractivity contribution < 1.29 is 114 Å². The van der Waals surface area contributed by atoms with E-state index in [9.17, 15) is 76.3 Å². The number of hydrogen-bond donors (Lipinski definition) is 14. The third-order valence-electron chi connectivity index (χ3n) is 10.9. The number of ether oxygens (including phenoxy) is 7. The fourth-order valence-corrected chi connectivity index (χ4v) is 7.22. The molecule has 0 saturated carbocycles. The molecule has 6 unspecified atom stereocenters. The Balaban J connectivity index is 1.27. The minimum absolute atomic E-state index is 0.00867. The van der Waals surface area contributed by atoms with E-state index in [2.05, 4.69) is 0 Å². The molecule has 0 spiro atoms. The van der Waals surface area contributed by atoms with Crippen molar-refractivity contribution in [3.05, 3.63) is 72.3 Å². The summed E-state index contributed by atoms with van der Waals surface area (Å²) in [7, 11) is 0. The van der Waals surface area contributed by atoms with E-state index in [4.69, 9.17) is 37.6 Å². The van der Waals surface area contributed by atoms with Crippen molar-refractivity contribution in [2.24, 2.45) is 0 Å². The van der Waals surface area contributed by atoms with Crippen LogP contribution >= 0.6 is 0 Å². The number of phenols is 4. The molecule has 3 aliphatic heterocycles. The summed E-state index contributed by atoms with van der Waals surface area (Å²) in [4.78, 5) is 12.8. The van der Waals surface area contributed by atoms with Crippen LogP contribution in [0.15, 0.2) is 71.2 Å². The first-order valence-corrected chi connectivity index (χ1v) is 19.9. The number of phenolic OH excluding ortho intramolecular Hbond substituents is 4. The molecule has 0 amide bonds. The summed E-state index contributed by atoms with van der Waals surface area (Å²) in [6.07, 6.45) is -25.0. The number of aliphatic hydroxyl groups excluding tert-OH is 10. The molecule has 0 bridgehead atoms. The molecular weight excluding hydrogens is 872 g/mol. The smallest absolute Gasteiger partial charge is 0.402 e. The van der Waals surface area contributed by atoms with Gasteiger partial charge >= 0.3 is 17.3 Å². The molecule has 3 fully saturated rings. The maximum Gasteiger partial charge on any atom is 0.402 e. The van der Waals surface area contributed by atoms with Crippen LogP contribution in [-0.4, -0.2) is 189 Å². The first-order valence-electron chi connectivity index (χ1n) is 19.9. The fraction of sp³-hybridized carbons (Fsp3) is 0.429. The van der Waals surface area contributed by atoms with E-state index in [1.165, 1.54) is 42.5 Å². The molecule has 352 valence electrons. The second-order valence-electron chi connectivity index (χ2n) is 15.3. The molecule has 3 saturated heterocycles. The number of aromatic hydroxyl groups is 4. The van der Waals surface area contributed by atoms with Gasteiger partial charge in [-0.15, -0.1) is 0 Å². The van der Waals surface area contributed by atoms with Gasteiger partial charge in [0.25, 0.3) is 0 Å². The third-order valence-corrected chi connectivity index (χ3v) is 10.9. The third kappa shape index (κ3) is 10.2. The van der Waals surface area contributed by atoms with Crippen molar-refractivity contribution in [1.29, 1.82) is 0 Å². The second kappa shape index (κ2) is 19.9. The van der Waals surface area contributed by atoms with E-state index in [1.807, 2.05) is 0 Å². The Kier molecular flexibility index (Phi) is 14.6. The minimum Gasteiger partial charge on any atom is -0.508 e. The monoisotopic (exact) mass is 919 g/mol. The Bertz CT molecular complexity index is 2300. The van der Waals surface area contributed by atoms with Gasteiger partial charge in [0.2, 0.25) is 18.3 Å². The van der Waals surface area contributed by atoms with Gasteiger partial charge in [-0.1, -0.05) is 12.1 Å². The van der Waals surface area contributed by atoms with E-state index in [0.717, 1.165) is 30.3 Å². The highest BCUT2D eigenvalue weighted by Crippen LogP contribution is 2.44. The SMILES string of the molecule is O=C(/C=C/c1ccc(O)cc1)OCC1O[C@@H](Oc2cc3c(O[C@@H]4OC(CO)[C@@H](O)[C@H](O)C4O)cc(O)cc3[o+]c2-c2ccc(O)c(O)c2)[C@H](O[C@@H]2OC(CO)[C@@H](O)[C@H](O)C2O)C(O)[C@@H]1O. The summed E-state index contributed by atoms with van der Waals surface area (Å²) in [5, 5.41) is 146. The molecule has 4 aromatic rings. The standard InChI is InChI=1S/C42H46O23/c43-13-26-30(50)33(53)36(56)40(62-26)60-24-11-19(46)10-23-20(24)12-25(38(59-23)17-4-7-21(47)22(48)9-17)61-42-39(65-41-37(57)34(54)31(51)27(14-44)63-41)35(55)32(52)28(64-42)15-58-29(49)8-3-16-1-5-18(45)6-2-16/h1-12,26-28,30-37,39-44,50-57H,13-15H2,(H3-,45,46,47,48,49)/p+1/t26?,27?,28?,30-,31-,32-,33+,34+,35?,36?,37?,39-,40-,41+,42-/m1/s1. The molecule has 4 heterocycles. The Morgan fingerprint density at radius 1 is 0.600 bits per heavy atom. The van der Waals surface area contributed by atoms with Gasteiger partial charge in [0, 0.05) is 24.3 Å². The highest BCUT2D eigenvalue weighted by atomic mass is 16.8. The summed E-state index contributed by atoms with van der Waals surface area (Å²) in [5.74, 6) is -3.61. The molecule has 1 aromatic heterocycles. The van der Waals surface area contributed by atoms with E-state index in [1.54, 1.807) is 0 Å². The molecule has 0 radical (unpaired) electrons. The predicted molar refractivity (Wildman–Crippen MR) is 213 cm³/mol. The zero-order chi connectivity index (χ0) is 46.9. The molecule has 15 atom stereocenters. The van der Waals surface area contributed by atoms with Crippen LogP contribution in [0.3, 0.4) is 0 Å². The molecule has 0 aliphatic carbocycles. The Morgan fingerprint density at radius 2 is 1.20 bits per heavy atom. The highest BCUT2D eigenvalue weighted by molar-refractivity contribution is 5.89. The van der Waals surface area contributed by atoms with Crippen LogP contribution in [0, 0.1) is 0 Å². The average molecular weight is 920 g/mol. The molecule has 14 N–H and O–H groups in total. The lowest BCUT2D eigenvalue weighted by Crippen LogP contribution is -2.65. The predicted octanol–water partition coefficient (Wildman–Crippen LogP) is -2.35. The van der Waals surface area contributed by atoms with Crippen molar-refractivity contribution in [3.63, 3.8) is 0 Å². The van der Waals surface area contributed by atoms with Crippen LogP contribution in [0.1, 0.15) is 5.56 Å². The number of carbonyl (C=O) groups excluding carboxylic acids is 1. The van der Waals surface area contributed by atoms with E-state index < -0.39 is 141 Å². The molecule has 3 aliphatic rings. The molecule has 65 heavy (non-hydrogen) atoms. The number of hydrogen-bond acceptors (Lipinski definition) is 22.